The number of amides is 1. The van der Waals surface area contributed by atoms with Crippen molar-refractivity contribution >= 4 is 22.2 Å². The number of aryl methyl sites for hydroxylation is 2. The lowest BCUT2D eigenvalue weighted by Crippen LogP contribution is -2.36. The summed E-state index contributed by atoms with van der Waals surface area (Å²) >= 11 is 1.51. The number of nitrogens with one attached hydrogen (secondary N) is 2. The van der Waals surface area contributed by atoms with Gasteiger partial charge < -0.3 is 5.32 Å². The largest absolute Gasteiger partial charge is 0.348 e. The monoisotopic (exact) mass is 332 g/mol. The molecule has 3 aromatic rings. The molecule has 0 radical (unpaired) electrons. The minimum atomic E-state index is -0.182. The molecule has 0 saturated carbocycles. The average molecular weight is 332 g/mol. The number of thiazole rings is 1. The van der Waals surface area contributed by atoms with E-state index in [9.17, 15) is 9.59 Å². The first-order chi connectivity index (χ1) is 11.1. The summed E-state index contributed by atoms with van der Waals surface area (Å²) in [5, 5.41) is 11.5. The van der Waals surface area contributed by atoms with Crippen LogP contribution in [-0.2, 0) is 13.0 Å². The fraction of sp³-hybridized carbons (Fsp3) is 0.429. The molecule has 3 aromatic heterocycles. The van der Waals surface area contributed by atoms with Crippen molar-refractivity contribution in [3.05, 3.63) is 39.3 Å². The second-order valence-corrected chi connectivity index (χ2v) is 6.57. The highest BCUT2D eigenvalue weighted by molar-refractivity contribution is 7.15. The van der Waals surface area contributed by atoms with Crippen LogP contribution in [0.1, 0.15) is 34.8 Å². The molecule has 23 heavy (non-hydrogen) atoms. The van der Waals surface area contributed by atoms with Crippen LogP contribution in [-0.4, -0.2) is 36.1 Å². The van der Waals surface area contributed by atoms with Gasteiger partial charge in [0.1, 0.15) is 11.5 Å². The second-order valence-electron chi connectivity index (χ2n) is 5.70. The number of hydrogen-bond donors (Lipinski definition) is 2. The smallest absolute Gasteiger partial charge is 0.343 e. The van der Waals surface area contributed by atoms with Gasteiger partial charge in [-0.2, -0.15) is 5.10 Å². The van der Waals surface area contributed by atoms with Gasteiger partial charge in [-0.25, -0.2) is 14.9 Å². The Balaban J connectivity index is 1.52. The van der Waals surface area contributed by atoms with E-state index in [0.717, 1.165) is 22.9 Å². The quantitative estimate of drug-likeness (QED) is 0.723. The van der Waals surface area contributed by atoms with Crippen LogP contribution in [0.4, 0.5) is 0 Å². The van der Waals surface area contributed by atoms with Crippen LogP contribution in [0.25, 0.3) is 4.96 Å². The van der Waals surface area contributed by atoms with Crippen molar-refractivity contribution < 1.29 is 4.79 Å². The van der Waals surface area contributed by atoms with Gasteiger partial charge in [-0.15, -0.1) is 11.3 Å². The Bertz CT molecular complexity index is 933. The number of imidazole rings is 1. The van der Waals surface area contributed by atoms with Gasteiger partial charge in [0, 0.05) is 30.6 Å². The normalized spacial score (nSPS) is 17.9. The number of carbonyl (C=O) groups is 1. The fourth-order valence-electron chi connectivity index (χ4n) is 3.07. The van der Waals surface area contributed by atoms with Gasteiger partial charge in [0.05, 0.1) is 5.69 Å². The lowest BCUT2D eigenvalue weighted by molar-refractivity contribution is 0.0926. The molecule has 0 saturated heterocycles. The predicted octanol–water partition coefficient (Wildman–Crippen LogP) is 0.724. The SMILES string of the molecule is Cc1nc2sccn2c1C(=O)NC1CCc2n[nH]c(=O)n2CC1. The van der Waals surface area contributed by atoms with E-state index in [0.29, 0.717) is 25.1 Å². The topological polar surface area (TPSA) is 97.1 Å². The summed E-state index contributed by atoms with van der Waals surface area (Å²) < 4.78 is 3.47. The number of hydrogen-bond acceptors (Lipinski definition) is 5. The highest BCUT2D eigenvalue weighted by atomic mass is 32.1. The number of carbonyl (C=O) groups excluding carboxylic acids is 1. The average Bonchev–Trinajstić information content (AvgIpc) is 3.12. The van der Waals surface area contributed by atoms with Crippen molar-refractivity contribution in [2.24, 2.45) is 0 Å². The molecule has 1 aliphatic rings. The minimum Gasteiger partial charge on any atom is -0.348 e. The van der Waals surface area contributed by atoms with E-state index in [2.05, 4.69) is 20.5 Å². The van der Waals surface area contributed by atoms with Crippen LogP contribution in [0.2, 0.25) is 0 Å². The van der Waals surface area contributed by atoms with Gasteiger partial charge in [-0.1, -0.05) is 0 Å². The lowest BCUT2D eigenvalue weighted by Gasteiger charge is -2.15. The van der Waals surface area contributed by atoms with Crippen molar-refractivity contribution in [1.29, 1.82) is 0 Å². The first-order valence-electron chi connectivity index (χ1n) is 7.50. The number of aromatic nitrogens is 5. The van der Waals surface area contributed by atoms with Crippen LogP contribution in [0.5, 0.6) is 0 Å². The van der Waals surface area contributed by atoms with Crippen molar-refractivity contribution in [1.82, 2.24) is 29.5 Å². The summed E-state index contributed by atoms with van der Waals surface area (Å²) in [5.74, 6) is 0.638. The highest BCUT2D eigenvalue weighted by Crippen LogP contribution is 2.18. The van der Waals surface area contributed by atoms with Gasteiger partial charge in [0.15, 0.2) is 4.96 Å². The molecule has 9 heteroatoms. The summed E-state index contributed by atoms with van der Waals surface area (Å²) in [5.41, 5.74) is 1.13. The molecule has 4 heterocycles. The number of rotatable bonds is 2. The third kappa shape index (κ3) is 2.37. The maximum atomic E-state index is 12.6. The van der Waals surface area contributed by atoms with Crippen molar-refractivity contribution in [3.63, 3.8) is 0 Å². The highest BCUT2D eigenvalue weighted by Gasteiger charge is 2.23. The van der Waals surface area contributed by atoms with E-state index >= 15 is 0 Å². The Morgan fingerprint density at radius 1 is 1.48 bits per heavy atom. The maximum absolute atomic E-state index is 12.6. The summed E-state index contributed by atoms with van der Waals surface area (Å²) in [6, 6.07) is 0.0205. The van der Waals surface area contributed by atoms with Crippen molar-refractivity contribution in [2.45, 2.75) is 38.8 Å². The third-order valence-corrected chi connectivity index (χ3v) is 5.00. The van der Waals surface area contributed by atoms with Gasteiger partial charge >= 0.3 is 5.69 Å². The molecule has 0 aliphatic carbocycles. The van der Waals surface area contributed by atoms with Crippen LogP contribution in [0, 0.1) is 6.92 Å². The van der Waals surface area contributed by atoms with Crippen LogP contribution in [0.3, 0.4) is 0 Å². The molecular weight excluding hydrogens is 316 g/mol. The standard InChI is InChI=1S/C14H16N6O2S/c1-8-11(20-6-7-23-14(20)15-8)12(21)16-9-2-3-10-17-18-13(22)19(10)5-4-9/h6-7,9H,2-5H2,1H3,(H,16,21)(H,18,22). The first kappa shape index (κ1) is 14.2. The molecule has 0 bridgehead atoms. The first-order valence-corrected chi connectivity index (χ1v) is 8.38. The molecule has 1 atom stereocenters. The van der Waals surface area contributed by atoms with Crippen molar-refractivity contribution in [2.75, 3.05) is 0 Å². The molecule has 1 aliphatic heterocycles. The molecule has 8 nitrogen and oxygen atoms in total. The molecule has 0 aromatic carbocycles. The Kier molecular flexibility index (Phi) is 3.29. The molecule has 0 spiro atoms. The number of H-pyrrole nitrogens is 1. The van der Waals surface area contributed by atoms with E-state index in [-0.39, 0.29) is 17.6 Å². The molecule has 120 valence electrons. The Morgan fingerprint density at radius 2 is 2.35 bits per heavy atom. The van der Waals surface area contributed by atoms with E-state index in [1.165, 1.54) is 11.3 Å². The predicted molar refractivity (Wildman–Crippen MR) is 84.8 cm³/mol. The zero-order valence-corrected chi connectivity index (χ0v) is 13.4. The Morgan fingerprint density at radius 3 is 3.22 bits per heavy atom. The van der Waals surface area contributed by atoms with E-state index in [4.69, 9.17) is 0 Å². The summed E-state index contributed by atoms with van der Waals surface area (Å²) in [6.45, 7) is 2.41. The van der Waals surface area contributed by atoms with Gasteiger partial charge in [0.2, 0.25) is 0 Å². The molecule has 1 unspecified atom stereocenters. The molecule has 0 fully saturated rings. The lowest BCUT2D eigenvalue weighted by atomic mass is 10.1. The summed E-state index contributed by atoms with van der Waals surface area (Å²) in [6.07, 6.45) is 4.00. The molecule has 1 amide bonds. The van der Waals surface area contributed by atoms with Crippen LogP contribution < -0.4 is 11.0 Å². The van der Waals surface area contributed by atoms with E-state index < -0.39 is 0 Å². The zero-order chi connectivity index (χ0) is 16.0. The van der Waals surface area contributed by atoms with E-state index in [1.54, 1.807) is 4.57 Å². The van der Waals surface area contributed by atoms with Crippen molar-refractivity contribution in [3.8, 4) is 0 Å². The van der Waals surface area contributed by atoms with Crippen LogP contribution in [0.15, 0.2) is 16.4 Å². The molecular formula is C14H16N6O2S. The van der Waals surface area contributed by atoms with Crippen LogP contribution >= 0.6 is 11.3 Å². The Labute approximate surface area is 135 Å². The maximum Gasteiger partial charge on any atom is 0.343 e. The second kappa shape index (κ2) is 5.34. The molecule has 4 rings (SSSR count). The minimum absolute atomic E-state index is 0.0205. The third-order valence-electron chi connectivity index (χ3n) is 4.24. The number of nitrogens with zero attached hydrogens (tertiary/aromatic N) is 4. The summed E-state index contributed by atoms with van der Waals surface area (Å²) in [7, 11) is 0. The van der Waals surface area contributed by atoms with Gasteiger partial charge in [0.25, 0.3) is 5.91 Å². The number of aromatic amines is 1. The summed E-state index contributed by atoms with van der Waals surface area (Å²) in [4.78, 5) is 29.5. The van der Waals surface area contributed by atoms with Gasteiger partial charge in [-0.05, 0) is 19.8 Å². The fourth-order valence-corrected chi connectivity index (χ4v) is 3.83. The van der Waals surface area contributed by atoms with E-state index in [1.807, 2.05) is 22.9 Å². The molecule has 2 N–H and O–H groups in total. The Hall–Kier alpha value is -2.42. The zero-order valence-electron chi connectivity index (χ0n) is 12.6. The van der Waals surface area contributed by atoms with Gasteiger partial charge in [-0.3, -0.25) is 13.8 Å². The number of fused-ring (bicyclic) bond motifs is 2.